The first-order valence-electron chi connectivity index (χ1n) is 8.52. The van der Waals surface area contributed by atoms with Crippen LogP contribution in [-0.4, -0.2) is 24.4 Å². The Morgan fingerprint density at radius 3 is 2.39 bits per heavy atom. The minimum Gasteiger partial charge on any atom is -0.456 e. The van der Waals surface area contributed by atoms with Crippen molar-refractivity contribution >= 4 is 56.7 Å². The highest BCUT2D eigenvalue weighted by atomic mass is 79.9. The molecule has 0 aliphatic heterocycles. The Labute approximate surface area is 176 Å². The van der Waals surface area contributed by atoms with Gasteiger partial charge in [0.2, 0.25) is 5.91 Å². The van der Waals surface area contributed by atoms with Crippen LogP contribution in [0, 0.1) is 13.8 Å². The first-order chi connectivity index (χ1) is 13.2. The van der Waals surface area contributed by atoms with E-state index < -0.39 is 18.5 Å². The van der Waals surface area contributed by atoms with Crippen LogP contribution in [0.5, 0.6) is 0 Å². The van der Waals surface area contributed by atoms with E-state index in [4.69, 9.17) is 16.3 Å². The summed E-state index contributed by atoms with van der Waals surface area (Å²) in [5, 5.41) is 5.68. The standard InChI is InChI=1S/C20H20BrClN2O4/c1-12-3-4-13(2)17(9-12)24-18(25)7-8-20(27)28-11-19(26)23-16-6-5-14(21)10-15(16)22/h3-6,9-10H,7-8,11H2,1-2H3,(H,23,26)(H,24,25). The second kappa shape index (κ2) is 10.2. The van der Waals surface area contributed by atoms with Gasteiger partial charge in [-0.1, -0.05) is 39.7 Å². The van der Waals surface area contributed by atoms with Crippen LogP contribution in [0.4, 0.5) is 11.4 Å². The van der Waals surface area contributed by atoms with E-state index in [1.54, 1.807) is 18.2 Å². The highest BCUT2D eigenvalue weighted by Gasteiger charge is 2.12. The third-order valence-electron chi connectivity index (χ3n) is 3.79. The number of hydrogen-bond acceptors (Lipinski definition) is 4. The Morgan fingerprint density at radius 1 is 0.964 bits per heavy atom. The van der Waals surface area contributed by atoms with Gasteiger partial charge in [0, 0.05) is 16.6 Å². The largest absolute Gasteiger partial charge is 0.456 e. The van der Waals surface area contributed by atoms with Crippen molar-refractivity contribution < 1.29 is 19.1 Å². The van der Waals surface area contributed by atoms with E-state index >= 15 is 0 Å². The number of nitrogens with one attached hydrogen (secondary N) is 2. The molecule has 2 amide bonds. The molecule has 0 bridgehead atoms. The molecule has 0 radical (unpaired) electrons. The molecule has 148 valence electrons. The summed E-state index contributed by atoms with van der Waals surface area (Å²) in [6.45, 7) is 3.36. The molecular formula is C20H20BrClN2O4. The van der Waals surface area contributed by atoms with Gasteiger partial charge in [-0.15, -0.1) is 0 Å². The first kappa shape index (κ1) is 21.9. The lowest BCUT2D eigenvalue weighted by molar-refractivity contribution is -0.147. The maximum Gasteiger partial charge on any atom is 0.306 e. The van der Waals surface area contributed by atoms with Crippen LogP contribution in [0.3, 0.4) is 0 Å². The number of esters is 1. The van der Waals surface area contributed by atoms with Gasteiger partial charge in [0.05, 0.1) is 17.1 Å². The molecule has 2 aromatic carbocycles. The predicted molar refractivity (Wildman–Crippen MR) is 113 cm³/mol. The summed E-state index contributed by atoms with van der Waals surface area (Å²) in [4.78, 5) is 35.6. The minimum atomic E-state index is -0.631. The van der Waals surface area contributed by atoms with Crippen LogP contribution < -0.4 is 10.6 Å². The molecule has 2 rings (SSSR count). The number of benzene rings is 2. The zero-order valence-corrected chi connectivity index (χ0v) is 17.8. The van der Waals surface area contributed by atoms with E-state index in [0.717, 1.165) is 15.6 Å². The summed E-state index contributed by atoms with van der Waals surface area (Å²) in [6.07, 6.45) is -0.157. The van der Waals surface area contributed by atoms with Crippen LogP contribution in [0.2, 0.25) is 5.02 Å². The van der Waals surface area contributed by atoms with E-state index in [1.165, 1.54) is 0 Å². The highest BCUT2D eigenvalue weighted by molar-refractivity contribution is 9.10. The lowest BCUT2D eigenvalue weighted by Crippen LogP contribution is -2.22. The fourth-order valence-corrected chi connectivity index (χ4v) is 3.01. The van der Waals surface area contributed by atoms with Gasteiger partial charge in [-0.05, 0) is 49.2 Å². The first-order valence-corrected chi connectivity index (χ1v) is 9.69. The third kappa shape index (κ3) is 6.98. The molecule has 0 fully saturated rings. The van der Waals surface area contributed by atoms with Crippen molar-refractivity contribution in [3.05, 3.63) is 57.0 Å². The Morgan fingerprint density at radius 2 is 1.68 bits per heavy atom. The lowest BCUT2D eigenvalue weighted by Gasteiger charge is -2.10. The number of carbonyl (C=O) groups excluding carboxylic acids is 3. The molecule has 2 N–H and O–H groups in total. The summed E-state index contributed by atoms with van der Waals surface area (Å²) >= 11 is 9.28. The second-order valence-corrected chi connectivity index (χ2v) is 7.52. The molecule has 0 aromatic heterocycles. The van der Waals surface area contributed by atoms with Crippen molar-refractivity contribution in [3.63, 3.8) is 0 Å². The van der Waals surface area contributed by atoms with Crippen LogP contribution in [0.25, 0.3) is 0 Å². The lowest BCUT2D eigenvalue weighted by atomic mass is 10.1. The highest BCUT2D eigenvalue weighted by Crippen LogP contribution is 2.25. The third-order valence-corrected chi connectivity index (χ3v) is 4.60. The van der Waals surface area contributed by atoms with Crippen molar-refractivity contribution in [1.29, 1.82) is 0 Å². The summed E-state index contributed by atoms with van der Waals surface area (Å²) in [5.74, 6) is -1.44. The van der Waals surface area contributed by atoms with Crippen LogP contribution in [-0.2, 0) is 19.1 Å². The molecule has 0 unspecified atom stereocenters. The maximum absolute atomic E-state index is 12.0. The number of hydrogen-bond donors (Lipinski definition) is 2. The fourth-order valence-electron chi connectivity index (χ4n) is 2.29. The molecule has 0 saturated heterocycles. The van der Waals surface area contributed by atoms with E-state index in [9.17, 15) is 14.4 Å². The number of halogens is 2. The molecule has 0 saturated carbocycles. The van der Waals surface area contributed by atoms with Crippen molar-refractivity contribution in [1.82, 2.24) is 0 Å². The summed E-state index contributed by atoms with van der Waals surface area (Å²) in [5.41, 5.74) is 3.09. The number of amides is 2. The number of carbonyl (C=O) groups is 3. The fraction of sp³-hybridized carbons (Fsp3) is 0.250. The molecule has 2 aromatic rings. The smallest absolute Gasteiger partial charge is 0.306 e. The molecule has 8 heteroatoms. The van der Waals surface area contributed by atoms with Crippen molar-refractivity contribution in [2.24, 2.45) is 0 Å². The van der Waals surface area contributed by atoms with Crippen LogP contribution >= 0.6 is 27.5 Å². The normalized spacial score (nSPS) is 10.3. The van der Waals surface area contributed by atoms with Crippen LogP contribution in [0.15, 0.2) is 40.9 Å². The van der Waals surface area contributed by atoms with Gasteiger partial charge in [0.25, 0.3) is 5.91 Å². The molecular weight excluding hydrogens is 448 g/mol. The van der Waals surface area contributed by atoms with E-state index in [0.29, 0.717) is 16.4 Å². The van der Waals surface area contributed by atoms with Gasteiger partial charge in [-0.25, -0.2) is 0 Å². The average molecular weight is 468 g/mol. The summed E-state index contributed by atoms with van der Waals surface area (Å²) in [6, 6.07) is 10.7. The van der Waals surface area contributed by atoms with Gasteiger partial charge in [0.15, 0.2) is 6.61 Å². The SMILES string of the molecule is Cc1ccc(C)c(NC(=O)CCC(=O)OCC(=O)Nc2ccc(Br)cc2Cl)c1. The molecule has 0 spiro atoms. The summed E-state index contributed by atoms with van der Waals surface area (Å²) < 4.78 is 5.68. The Balaban J connectivity index is 1.74. The van der Waals surface area contributed by atoms with E-state index in [2.05, 4.69) is 26.6 Å². The molecule has 6 nitrogen and oxygen atoms in total. The molecule has 0 aliphatic carbocycles. The van der Waals surface area contributed by atoms with Crippen molar-refractivity contribution in [2.75, 3.05) is 17.2 Å². The van der Waals surface area contributed by atoms with Gasteiger partial charge in [-0.3, -0.25) is 14.4 Å². The Kier molecular flexibility index (Phi) is 8.02. The zero-order chi connectivity index (χ0) is 20.7. The maximum atomic E-state index is 12.0. The second-order valence-electron chi connectivity index (χ2n) is 6.20. The topological polar surface area (TPSA) is 84.5 Å². The summed E-state index contributed by atoms with van der Waals surface area (Å²) in [7, 11) is 0. The zero-order valence-electron chi connectivity index (χ0n) is 15.5. The van der Waals surface area contributed by atoms with Gasteiger partial charge >= 0.3 is 5.97 Å². The predicted octanol–water partition coefficient (Wildman–Crippen LogP) is 4.62. The quantitative estimate of drug-likeness (QED) is 0.582. The molecule has 0 aliphatic rings. The number of anilines is 2. The Bertz CT molecular complexity index is 902. The number of ether oxygens (including phenoxy) is 1. The average Bonchev–Trinajstić information content (AvgIpc) is 2.63. The molecule has 28 heavy (non-hydrogen) atoms. The van der Waals surface area contributed by atoms with Crippen molar-refractivity contribution in [3.8, 4) is 0 Å². The minimum absolute atomic E-state index is 0.0353. The molecule has 0 heterocycles. The van der Waals surface area contributed by atoms with Crippen LogP contribution in [0.1, 0.15) is 24.0 Å². The molecule has 0 atom stereocenters. The van der Waals surface area contributed by atoms with Gasteiger partial charge < -0.3 is 15.4 Å². The monoisotopic (exact) mass is 466 g/mol. The number of rotatable bonds is 7. The number of aryl methyl sites for hydroxylation is 2. The van der Waals surface area contributed by atoms with E-state index in [-0.39, 0.29) is 18.7 Å². The van der Waals surface area contributed by atoms with Gasteiger partial charge in [-0.2, -0.15) is 0 Å². The van der Waals surface area contributed by atoms with Gasteiger partial charge in [0.1, 0.15) is 0 Å². The Hall–Kier alpha value is -2.38. The van der Waals surface area contributed by atoms with E-state index in [1.807, 2.05) is 32.0 Å². The van der Waals surface area contributed by atoms with Crippen molar-refractivity contribution in [2.45, 2.75) is 26.7 Å².